The Bertz CT molecular complexity index is 327. The van der Waals surface area contributed by atoms with E-state index in [2.05, 4.69) is 0 Å². The highest BCUT2D eigenvalue weighted by molar-refractivity contribution is 7.89. The van der Waals surface area contributed by atoms with Gasteiger partial charge in [0.1, 0.15) is 0 Å². The van der Waals surface area contributed by atoms with Crippen molar-refractivity contribution >= 4 is 21.6 Å². The van der Waals surface area contributed by atoms with E-state index in [-0.39, 0.29) is 0 Å². The van der Waals surface area contributed by atoms with Crippen LogP contribution in [0.4, 0.5) is 0 Å². The third kappa shape index (κ3) is 1.52. The summed E-state index contributed by atoms with van der Waals surface area (Å²) in [6, 6.07) is 1.52. The van der Waals surface area contributed by atoms with E-state index in [1.54, 1.807) is 0 Å². The molecule has 0 fully saturated rings. The lowest BCUT2D eigenvalue weighted by atomic mass is 10.7. The van der Waals surface area contributed by atoms with Crippen molar-refractivity contribution in [3.05, 3.63) is 23.5 Å². The molecule has 1 aromatic heterocycles. The largest absolute Gasteiger partial charge is 0.252 e. The summed E-state index contributed by atoms with van der Waals surface area (Å²) in [5.74, 6) is 0. The molecule has 0 saturated carbocycles. The van der Waals surface area contributed by atoms with Crippen LogP contribution in [0.5, 0.6) is 0 Å². The van der Waals surface area contributed by atoms with Crippen LogP contribution in [-0.4, -0.2) is 18.6 Å². The smallest absolute Gasteiger partial charge is 0.235 e. The second-order valence-electron chi connectivity index (χ2n) is 1.92. The van der Waals surface area contributed by atoms with Crippen LogP contribution >= 0.6 is 11.6 Å². The predicted octanol–water partition coefficient (Wildman–Crippen LogP) is 0.949. The maximum atomic E-state index is 10.8. The molecule has 0 aromatic carbocycles. The molecule has 56 valence electrons. The van der Waals surface area contributed by atoms with E-state index in [1.165, 1.54) is 18.5 Å². The fourth-order valence-corrected chi connectivity index (χ4v) is 1.36. The molecule has 0 unspecified atom stereocenters. The molecular formula is C5H6ClNO2S. The van der Waals surface area contributed by atoms with Crippen LogP contribution in [0.15, 0.2) is 18.5 Å². The van der Waals surface area contributed by atoms with Gasteiger partial charge in [-0.2, -0.15) is 0 Å². The molecule has 0 aliphatic rings. The van der Waals surface area contributed by atoms with E-state index in [0.29, 0.717) is 5.02 Å². The normalized spacial score (nSPS) is 11.8. The van der Waals surface area contributed by atoms with Crippen molar-refractivity contribution in [1.29, 1.82) is 0 Å². The number of nitrogens with zero attached hydrogens (tertiary/aromatic N) is 1. The van der Waals surface area contributed by atoms with Gasteiger partial charge in [-0.05, 0) is 6.07 Å². The first kappa shape index (κ1) is 7.63. The molecule has 0 aliphatic heterocycles. The second kappa shape index (κ2) is 2.29. The average molecular weight is 180 g/mol. The molecule has 0 bridgehead atoms. The summed E-state index contributed by atoms with van der Waals surface area (Å²) < 4.78 is 22.6. The Morgan fingerprint density at radius 2 is 2.20 bits per heavy atom. The molecule has 1 heterocycles. The molecule has 0 aliphatic carbocycles. The Hall–Kier alpha value is -0.480. The van der Waals surface area contributed by atoms with Crippen molar-refractivity contribution in [3.63, 3.8) is 0 Å². The Balaban J connectivity index is 3.21. The van der Waals surface area contributed by atoms with Gasteiger partial charge in [-0.3, -0.25) is 3.97 Å². The van der Waals surface area contributed by atoms with Gasteiger partial charge in [0.05, 0.1) is 11.3 Å². The van der Waals surface area contributed by atoms with Gasteiger partial charge in [-0.1, -0.05) is 11.6 Å². The van der Waals surface area contributed by atoms with Gasteiger partial charge < -0.3 is 0 Å². The minimum Gasteiger partial charge on any atom is -0.252 e. The van der Waals surface area contributed by atoms with Crippen molar-refractivity contribution in [2.24, 2.45) is 0 Å². The quantitative estimate of drug-likeness (QED) is 0.644. The third-order valence-corrected chi connectivity index (χ3v) is 2.23. The zero-order valence-corrected chi connectivity index (χ0v) is 6.85. The maximum absolute atomic E-state index is 10.8. The van der Waals surface area contributed by atoms with Crippen LogP contribution < -0.4 is 0 Å². The SMILES string of the molecule is CS(=O)(=O)n1ccc(Cl)c1. The summed E-state index contributed by atoms with van der Waals surface area (Å²) >= 11 is 5.48. The Kier molecular flexibility index (Phi) is 1.74. The monoisotopic (exact) mass is 179 g/mol. The summed E-state index contributed by atoms with van der Waals surface area (Å²) in [5.41, 5.74) is 0. The van der Waals surface area contributed by atoms with Gasteiger partial charge in [0.15, 0.2) is 0 Å². The van der Waals surface area contributed by atoms with E-state index in [0.717, 1.165) is 10.2 Å². The van der Waals surface area contributed by atoms with E-state index in [4.69, 9.17) is 11.6 Å². The summed E-state index contributed by atoms with van der Waals surface area (Å²) in [6.45, 7) is 0. The lowest BCUT2D eigenvalue weighted by Crippen LogP contribution is -2.06. The fourth-order valence-electron chi connectivity index (χ4n) is 0.559. The molecule has 0 atom stereocenters. The molecule has 1 aromatic rings. The van der Waals surface area contributed by atoms with Crippen molar-refractivity contribution < 1.29 is 8.42 Å². The highest BCUT2D eigenvalue weighted by atomic mass is 35.5. The average Bonchev–Trinajstić information content (AvgIpc) is 2.11. The molecule has 0 amide bonds. The van der Waals surface area contributed by atoms with E-state index >= 15 is 0 Å². The molecule has 0 saturated heterocycles. The Morgan fingerprint density at radius 1 is 1.60 bits per heavy atom. The molecule has 3 nitrogen and oxygen atoms in total. The number of hydrogen-bond acceptors (Lipinski definition) is 2. The van der Waals surface area contributed by atoms with E-state index < -0.39 is 10.0 Å². The first-order chi connectivity index (χ1) is 4.50. The first-order valence-electron chi connectivity index (χ1n) is 2.54. The summed E-state index contributed by atoms with van der Waals surface area (Å²) in [5, 5.41) is 0.422. The minimum atomic E-state index is -3.15. The predicted molar refractivity (Wildman–Crippen MR) is 39.7 cm³/mol. The highest BCUT2D eigenvalue weighted by Gasteiger charge is 2.02. The van der Waals surface area contributed by atoms with Crippen LogP contribution in [0.2, 0.25) is 5.02 Å². The molecule has 0 radical (unpaired) electrons. The van der Waals surface area contributed by atoms with Gasteiger partial charge in [-0.15, -0.1) is 0 Å². The van der Waals surface area contributed by atoms with Crippen molar-refractivity contribution in [2.75, 3.05) is 6.26 Å². The molecule has 5 heteroatoms. The number of rotatable bonds is 1. The van der Waals surface area contributed by atoms with Crippen molar-refractivity contribution in [1.82, 2.24) is 3.97 Å². The first-order valence-corrected chi connectivity index (χ1v) is 4.77. The Morgan fingerprint density at radius 3 is 2.40 bits per heavy atom. The van der Waals surface area contributed by atoms with Crippen LogP contribution in [0.1, 0.15) is 0 Å². The van der Waals surface area contributed by atoms with Crippen LogP contribution in [-0.2, 0) is 10.0 Å². The topological polar surface area (TPSA) is 39.1 Å². The fraction of sp³-hybridized carbons (Fsp3) is 0.200. The lowest BCUT2D eigenvalue weighted by Gasteiger charge is -1.94. The summed E-state index contributed by atoms with van der Waals surface area (Å²) in [6.07, 6.45) is 3.86. The van der Waals surface area contributed by atoms with E-state index in [9.17, 15) is 8.42 Å². The molecular weight excluding hydrogens is 174 g/mol. The van der Waals surface area contributed by atoms with E-state index in [1.807, 2.05) is 0 Å². The lowest BCUT2D eigenvalue weighted by molar-refractivity contribution is 0.593. The second-order valence-corrected chi connectivity index (χ2v) is 4.25. The van der Waals surface area contributed by atoms with Gasteiger partial charge in [0, 0.05) is 12.4 Å². The van der Waals surface area contributed by atoms with Gasteiger partial charge in [0.25, 0.3) is 0 Å². The van der Waals surface area contributed by atoms with Crippen LogP contribution in [0, 0.1) is 0 Å². The number of halogens is 1. The third-order valence-electron chi connectivity index (χ3n) is 1.01. The zero-order valence-electron chi connectivity index (χ0n) is 5.28. The highest BCUT2D eigenvalue weighted by Crippen LogP contribution is 2.08. The molecule has 1 rings (SSSR count). The minimum absolute atomic E-state index is 0.422. The number of aromatic nitrogens is 1. The van der Waals surface area contributed by atoms with Gasteiger partial charge in [-0.25, -0.2) is 8.42 Å². The van der Waals surface area contributed by atoms with Crippen LogP contribution in [0.25, 0.3) is 0 Å². The van der Waals surface area contributed by atoms with Crippen molar-refractivity contribution in [2.45, 2.75) is 0 Å². The molecule has 0 spiro atoms. The van der Waals surface area contributed by atoms with Crippen molar-refractivity contribution in [3.8, 4) is 0 Å². The zero-order chi connectivity index (χ0) is 7.78. The Labute approximate surface area is 64.3 Å². The number of hydrogen-bond donors (Lipinski definition) is 0. The van der Waals surface area contributed by atoms with Gasteiger partial charge in [0.2, 0.25) is 10.0 Å². The molecule has 0 N–H and O–H groups in total. The summed E-state index contributed by atoms with van der Waals surface area (Å²) in [4.78, 5) is 0. The summed E-state index contributed by atoms with van der Waals surface area (Å²) in [7, 11) is -3.15. The molecule has 10 heavy (non-hydrogen) atoms. The standard InChI is InChI=1S/C5H6ClNO2S/c1-10(8,9)7-3-2-5(6)4-7/h2-4H,1H3. The maximum Gasteiger partial charge on any atom is 0.235 e. The van der Waals surface area contributed by atoms with Crippen LogP contribution in [0.3, 0.4) is 0 Å². The van der Waals surface area contributed by atoms with Gasteiger partial charge >= 0.3 is 0 Å².